The molecule has 1 N–H and O–H groups in total. The van der Waals surface area contributed by atoms with Gasteiger partial charge in [-0.15, -0.1) is 0 Å². The average Bonchev–Trinajstić information content (AvgIpc) is 3.19. The summed E-state index contributed by atoms with van der Waals surface area (Å²) in [5, 5.41) is 2.90. The van der Waals surface area contributed by atoms with Crippen LogP contribution in [0.15, 0.2) is 42.5 Å². The van der Waals surface area contributed by atoms with Gasteiger partial charge in [-0.05, 0) is 70.0 Å². The first kappa shape index (κ1) is 22.7. The minimum absolute atomic E-state index is 0.210. The highest BCUT2D eigenvalue weighted by Gasteiger charge is 2.14. The molecule has 6 nitrogen and oxygen atoms in total. The van der Waals surface area contributed by atoms with Crippen molar-refractivity contribution >= 4 is 17.7 Å². The summed E-state index contributed by atoms with van der Waals surface area (Å²) < 4.78 is 16.7. The first-order valence-corrected chi connectivity index (χ1v) is 10.7. The molecule has 3 rings (SSSR count). The van der Waals surface area contributed by atoms with Crippen LogP contribution in [0.1, 0.15) is 38.8 Å². The van der Waals surface area contributed by atoms with Gasteiger partial charge < -0.3 is 19.5 Å². The summed E-state index contributed by atoms with van der Waals surface area (Å²) >= 11 is 0. The van der Waals surface area contributed by atoms with Crippen LogP contribution in [0.2, 0.25) is 0 Å². The van der Waals surface area contributed by atoms with Crippen molar-refractivity contribution in [2.24, 2.45) is 0 Å². The Morgan fingerprint density at radius 2 is 1.84 bits per heavy atom. The number of benzene rings is 2. The smallest absolute Gasteiger partial charge is 0.248 e. The Labute approximate surface area is 184 Å². The molecule has 1 amide bonds. The number of anilines is 1. The number of hydrogen-bond acceptors (Lipinski definition) is 5. The lowest BCUT2D eigenvalue weighted by molar-refractivity contribution is -0.111. The molecule has 2 aromatic rings. The fourth-order valence-corrected chi connectivity index (χ4v) is 3.58. The van der Waals surface area contributed by atoms with Crippen molar-refractivity contribution in [3.8, 4) is 17.2 Å². The normalized spacial score (nSPS) is 12.9. The van der Waals surface area contributed by atoms with E-state index in [0.717, 1.165) is 29.2 Å². The van der Waals surface area contributed by atoms with Gasteiger partial charge in [0.1, 0.15) is 12.4 Å². The van der Waals surface area contributed by atoms with E-state index in [-0.39, 0.29) is 12.7 Å². The van der Waals surface area contributed by atoms with E-state index >= 15 is 0 Å². The molecule has 31 heavy (non-hydrogen) atoms. The average molecular weight is 425 g/mol. The number of amides is 1. The van der Waals surface area contributed by atoms with E-state index < -0.39 is 0 Å². The monoisotopic (exact) mass is 424 g/mol. The van der Waals surface area contributed by atoms with Gasteiger partial charge >= 0.3 is 0 Å². The fourth-order valence-electron chi connectivity index (χ4n) is 3.58. The molecule has 0 saturated carbocycles. The molecule has 1 heterocycles. The van der Waals surface area contributed by atoms with Gasteiger partial charge in [-0.2, -0.15) is 0 Å². The molecule has 0 fully saturated rings. The summed E-state index contributed by atoms with van der Waals surface area (Å²) in [7, 11) is 0. The third-order valence-corrected chi connectivity index (χ3v) is 5.21. The first-order chi connectivity index (χ1) is 14.8. The van der Waals surface area contributed by atoms with Crippen LogP contribution >= 0.6 is 0 Å². The lowest BCUT2D eigenvalue weighted by Gasteiger charge is -2.30. The molecule has 6 heteroatoms. The lowest BCUT2D eigenvalue weighted by Crippen LogP contribution is -2.39. The summed E-state index contributed by atoms with van der Waals surface area (Å²) in [5.41, 5.74) is 2.60. The number of ether oxygens (including phenoxy) is 3. The van der Waals surface area contributed by atoms with Gasteiger partial charge in [-0.1, -0.05) is 12.1 Å². The van der Waals surface area contributed by atoms with Gasteiger partial charge in [-0.25, -0.2) is 0 Å². The van der Waals surface area contributed by atoms with Crippen LogP contribution < -0.4 is 19.5 Å². The Hall–Kier alpha value is -2.99. The Morgan fingerprint density at radius 1 is 1.10 bits per heavy atom. The minimum atomic E-state index is -0.210. The summed E-state index contributed by atoms with van der Waals surface area (Å²) in [5.74, 6) is 1.98. The molecule has 0 unspecified atom stereocenters. The molecule has 1 aliphatic rings. The molecule has 0 saturated heterocycles. The lowest BCUT2D eigenvalue weighted by atomic mass is 10.2. The first-order valence-electron chi connectivity index (χ1n) is 10.7. The van der Waals surface area contributed by atoms with Gasteiger partial charge in [0.2, 0.25) is 12.7 Å². The number of nitrogens with zero attached hydrogens (tertiary/aromatic N) is 1. The number of carbonyl (C=O) groups is 1. The molecule has 0 bridgehead atoms. The van der Waals surface area contributed by atoms with E-state index in [9.17, 15) is 4.79 Å². The van der Waals surface area contributed by atoms with Gasteiger partial charge in [-0.3, -0.25) is 9.69 Å². The van der Waals surface area contributed by atoms with Crippen LogP contribution in [0.5, 0.6) is 17.2 Å². The van der Waals surface area contributed by atoms with E-state index in [2.05, 4.69) is 37.9 Å². The third kappa shape index (κ3) is 6.25. The molecule has 0 spiro atoms. The van der Waals surface area contributed by atoms with E-state index in [0.29, 0.717) is 30.1 Å². The van der Waals surface area contributed by atoms with Gasteiger partial charge in [0.25, 0.3) is 0 Å². The number of nitrogens with one attached hydrogen (secondary N) is 1. The molecule has 2 aromatic carbocycles. The molecule has 0 aliphatic carbocycles. The molecule has 0 atom stereocenters. The minimum Gasteiger partial charge on any atom is -0.492 e. The Bertz CT molecular complexity index is 929. The van der Waals surface area contributed by atoms with Crippen molar-refractivity contribution in [2.75, 3.05) is 25.3 Å². The topological polar surface area (TPSA) is 60.0 Å². The van der Waals surface area contributed by atoms with Crippen molar-refractivity contribution < 1.29 is 19.0 Å². The maximum Gasteiger partial charge on any atom is 0.248 e. The van der Waals surface area contributed by atoms with E-state index in [4.69, 9.17) is 14.2 Å². The number of carbonyl (C=O) groups excluding carboxylic acids is 1. The number of rotatable bonds is 9. The van der Waals surface area contributed by atoms with Crippen LogP contribution in [-0.2, 0) is 4.79 Å². The number of hydrogen-bond donors (Lipinski definition) is 1. The van der Waals surface area contributed by atoms with Crippen LogP contribution in [0.4, 0.5) is 5.69 Å². The van der Waals surface area contributed by atoms with Crippen LogP contribution in [0.3, 0.4) is 0 Å². The number of fused-ring (bicyclic) bond motifs is 1. The summed E-state index contributed by atoms with van der Waals surface area (Å²) in [4.78, 5) is 14.8. The van der Waals surface area contributed by atoms with Gasteiger partial charge in [0.05, 0.1) is 0 Å². The summed E-state index contributed by atoms with van der Waals surface area (Å²) in [6, 6.07) is 12.2. The summed E-state index contributed by atoms with van der Waals surface area (Å²) in [6.07, 6.45) is 3.25. The van der Waals surface area contributed by atoms with Crippen LogP contribution in [-0.4, -0.2) is 42.8 Å². The van der Waals surface area contributed by atoms with E-state index in [1.165, 1.54) is 6.08 Å². The van der Waals surface area contributed by atoms with Crippen molar-refractivity contribution in [3.05, 3.63) is 53.6 Å². The molecule has 0 aromatic heterocycles. The zero-order valence-corrected chi connectivity index (χ0v) is 19.0. The zero-order chi connectivity index (χ0) is 22.4. The van der Waals surface area contributed by atoms with Crippen molar-refractivity contribution in [1.82, 2.24) is 4.90 Å². The largest absolute Gasteiger partial charge is 0.492 e. The maximum absolute atomic E-state index is 12.4. The molecule has 166 valence electrons. The highest BCUT2D eigenvalue weighted by molar-refractivity contribution is 6.02. The third-order valence-electron chi connectivity index (χ3n) is 5.21. The molecule has 1 aliphatic heterocycles. The second kappa shape index (κ2) is 10.4. The highest BCUT2D eigenvalue weighted by atomic mass is 16.7. The molecular weight excluding hydrogens is 392 g/mol. The second-order valence-electron chi connectivity index (χ2n) is 8.19. The van der Waals surface area contributed by atoms with Crippen LogP contribution in [0.25, 0.3) is 6.08 Å². The van der Waals surface area contributed by atoms with E-state index in [1.807, 2.05) is 43.3 Å². The predicted octanol–water partition coefficient (Wildman–Crippen LogP) is 4.87. The quantitative estimate of drug-likeness (QED) is 0.582. The van der Waals surface area contributed by atoms with Crippen molar-refractivity contribution in [2.45, 2.75) is 46.7 Å². The van der Waals surface area contributed by atoms with Gasteiger partial charge in [0, 0.05) is 36.5 Å². The standard InChI is InChI=1S/C25H32N2O4/c1-17(2)27(18(3)4)12-13-29-23-15-21(9-6-19(23)5)26-25(28)11-8-20-7-10-22-24(14-20)31-16-30-22/h6-11,14-15,17-18H,12-13,16H2,1-5H3,(H,26,28). The van der Waals surface area contributed by atoms with Crippen molar-refractivity contribution in [1.29, 1.82) is 0 Å². The predicted molar refractivity (Wildman–Crippen MR) is 124 cm³/mol. The van der Waals surface area contributed by atoms with Gasteiger partial charge in [0.15, 0.2) is 11.5 Å². The maximum atomic E-state index is 12.4. The molecular formula is C25H32N2O4. The van der Waals surface area contributed by atoms with Crippen LogP contribution in [0, 0.1) is 6.92 Å². The van der Waals surface area contributed by atoms with Crippen molar-refractivity contribution in [3.63, 3.8) is 0 Å². The fraction of sp³-hybridized carbons (Fsp3) is 0.400. The summed E-state index contributed by atoms with van der Waals surface area (Å²) in [6.45, 7) is 12.5. The SMILES string of the molecule is Cc1ccc(NC(=O)C=Cc2ccc3c(c2)OCO3)cc1OCCN(C(C)C)C(C)C. The molecule has 0 radical (unpaired) electrons. The highest BCUT2D eigenvalue weighted by Crippen LogP contribution is 2.32. The number of aryl methyl sites for hydroxylation is 1. The Balaban J connectivity index is 1.57. The second-order valence-corrected chi connectivity index (χ2v) is 8.19. The zero-order valence-electron chi connectivity index (χ0n) is 19.0. The Kier molecular flexibility index (Phi) is 7.58. The van der Waals surface area contributed by atoms with E-state index in [1.54, 1.807) is 6.08 Å². The Morgan fingerprint density at radius 3 is 2.58 bits per heavy atom.